The second kappa shape index (κ2) is 6.99. The first-order valence-electron chi connectivity index (χ1n) is 7.68. The van der Waals surface area contributed by atoms with Crippen LogP contribution in [0.15, 0.2) is 53.4 Å². The first-order valence-corrected chi connectivity index (χ1v) is 10.6. The molecule has 6 nitrogen and oxygen atoms in total. The lowest BCUT2D eigenvalue weighted by Crippen LogP contribution is -2.32. The summed E-state index contributed by atoms with van der Waals surface area (Å²) in [5.41, 5.74) is -12.7. The standard InChI is InChI=1S/C16H9F6NO5S2/c17-15(18,19)29(28-30(26,27)16(20,21)22)13-4-2-1-3-11(13)9-14(29)10-5-7-12(8-6-10)23(24)25/h1-9H. The van der Waals surface area contributed by atoms with E-state index in [-0.39, 0.29) is 11.1 Å². The normalized spacial score (nSPS) is 21.5. The monoisotopic (exact) mass is 473 g/mol. The third kappa shape index (κ3) is 3.44. The molecule has 1 unspecified atom stereocenters. The lowest BCUT2D eigenvalue weighted by molar-refractivity contribution is -0.384. The Balaban J connectivity index is 2.31. The molecule has 0 spiro atoms. The Labute approximate surface area is 166 Å². The molecule has 3 rings (SSSR count). The van der Waals surface area contributed by atoms with Crippen LogP contribution in [0.5, 0.6) is 0 Å². The molecule has 0 N–H and O–H groups in total. The zero-order valence-corrected chi connectivity index (χ0v) is 15.9. The van der Waals surface area contributed by atoms with Crippen LogP contribution < -0.4 is 0 Å². The summed E-state index contributed by atoms with van der Waals surface area (Å²) in [4.78, 5) is 8.31. The van der Waals surface area contributed by atoms with Crippen molar-refractivity contribution in [3.05, 3.63) is 69.8 Å². The Hall–Kier alpha value is -2.58. The van der Waals surface area contributed by atoms with Gasteiger partial charge in [-0.1, -0.05) is 18.2 Å². The van der Waals surface area contributed by atoms with Gasteiger partial charge < -0.3 is 0 Å². The van der Waals surface area contributed by atoms with E-state index >= 15 is 0 Å². The van der Waals surface area contributed by atoms with Crippen LogP contribution in [0.4, 0.5) is 32.0 Å². The summed E-state index contributed by atoms with van der Waals surface area (Å²) in [5, 5.41) is 10.8. The number of rotatable bonds is 4. The molecule has 0 saturated carbocycles. The van der Waals surface area contributed by atoms with Gasteiger partial charge in [-0.05, 0) is 35.4 Å². The molecule has 0 saturated heterocycles. The van der Waals surface area contributed by atoms with Crippen molar-refractivity contribution >= 4 is 37.1 Å². The fourth-order valence-electron chi connectivity index (χ4n) is 2.74. The van der Waals surface area contributed by atoms with Gasteiger partial charge in [-0.3, -0.25) is 10.1 Å². The van der Waals surface area contributed by atoms with E-state index in [4.69, 9.17) is 0 Å². The van der Waals surface area contributed by atoms with Crippen LogP contribution in [0.2, 0.25) is 0 Å². The molecule has 0 fully saturated rings. The maximum absolute atomic E-state index is 14.3. The van der Waals surface area contributed by atoms with Crippen LogP contribution in [-0.4, -0.2) is 24.4 Å². The molecule has 0 radical (unpaired) electrons. The van der Waals surface area contributed by atoms with Crippen LogP contribution in [0.1, 0.15) is 11.1 Å². The molecule has 2 aromatic carbocycles. The molecule has 1 aliphatic heterocycles. The van der Waals surface area contributed by atoms with E-state index in [9.17, 15) is 44.9 Å². The van der Waals surface area contributed by atoms with Gasteiger partial charge in [-0.2, -0.15) is 38.4 Å². The molecule has 0 aliphatic carbocycles. The molecule has 1 heterocycles. The van der Waals surface area contributed by atoms with Crippen LogP contribution in [0.25, 0.3) is 11.0 Å². The van der Waals surface area contributed by atoms with Gasteiger partial charge in [-0.15, -0.1) is 0 Å². The van der Waals surface area contributed by atoms with E-state index in [1.54, 1.807) is 0 Å². The number of nitro benzene ring substituents is 1. The van der Waals surface area contributed by atoms with Gasteiger partial charge in [0, 0.05) is 32.2 Å². The average molecular weight is 473 g/mol. The largest absolute Gasteiger partial charge is 0.523 e. The highest BCUT2D eigenvalue weighted by Gasteiger charge is 2.64. The average Bonchev–Trinajstić information content (AvgIpc) is 2.96. The summed E-state index contributed by atoms with van der Waals surface area (Å²) < 4.78 is 109. The Morgan fingerprint density at radius 3 is 2.00 bits per heavy atom. The first kappa shape index (κ1) is 22.1. The van der Waals surface area contributed by atoms with Gasteiger partial charge in [0.1, 0.15) is 0 Å². The summed E-state index contributed by atoms with van der Waals surface area (Å²) in [6, 6.07) is 7.86. The highest BCUT2D eigenvalue weighted by molar-refractivity contribution is 8.41. The zero-order chi connectivity index (χ0) is 22.5. The van der Waals surface area contributed by atoms with Crippen molar-refractivity contribution in [1.82, 2.24) is 0 Å². The lowest BCUT2D eigenvalue weighted by Gasteiger charge is -2.39. The summed E-state index contributed by atoms with van der Waals surface area (Å²) in [5.74, 6) is 0. The predicted molar refractivity (Wildman–Crippen MR) is 95.4 cm³/mol. The minimum Gasteiger partial charge on any atom is -0.258 e. The zero-order valence-electron chi connectivity index (χ0n) is 14.3. The Kier molecular flexibility index (Phi) is 5.15. The van der Waals surface area contributed by atoms with Crippen LogP contribution in [-0.2, 0) is 13.7 Å². The highest BCUT2D eigenvalue weighted by Crippen LogP contribution is 2.80. The molecule has 0 bridgehead atoms. The summed E-state index contributed by atoms with van der Waals surface area (Å²) in [6.45, 7) is 0. The lowest BCUT2D eigenvalue weighted by atomic mass is 10.1. The summed E-state index contributed by atoms with van der Waals surface area (Å²) in [7, 11) is -11.9. The number of benzene rings is 2. The second-order valence-corrected chi connectivity index (χ2v) is 10.2. The number of nitro groups is 1. The van der Waals surface area contributed by atoms with Gasteiger partial charge in [-0.25, -0.2) is 0 Å². The van der Waals surface area contributed by atoms with Gasteiger partial charge >= 0.3 is 21.1 Å². The minimum atomic E-state index is -6.66. The highest BCUT2D eigenvalue weighted by atomic mass is 32.3. The SMILES string of the molecule is O=[N+]([O-])c1ccc(C2=Cc3ccccc3S2(OS(=O)(=O)C(F)(F)F)C(F)(F)F)cc1. The molecule has 0 amide bonds. The summed E-state index contributed by atoms with van der Waals surface area (Å²) >= 11 is 0. The van der Waals surface area contributed by atoms with Crippen LogP contribution in [0, 0.1) is 10.1 Å². The quantitative estimate of drug-likeness (QED) is 0.251. The Bertz CT molecular complexity index is 1140. The molecule has 162 valence electrons. The van der Waals surface area contributed by atoms with Crippen molar-refractivity contribution in [2.75, 3.05) is 0 Å². The molecule has 0 aromatic heterocycles. The first-order chi connectivity index (χ1) is 13.7. The number of hydrogen-bond acceptors (Lipinski definition) is 5. The fourth-order valence-corrected chi connectivity index (χ4v) is 7.24. The number of hydrogen-bond donors (Lipinski definition) is 0. The maximum atomic E-state index is 14.3. The predicted octanol–water partition coefficient (Wildman–Crippen LogP) is 5.57. The van der Waals surface area contributed by atoms with E-state index in [1.807, 2.05) is 0 Å². The van der Waals surface area contributed by atoms with Crippen LogP contribution in [0.3, 0.4) is 0 Å². The van der Waals surface area contributed by atoms with Crippen molar-refractivity contribution in [2.45, 2.75) is 15.9 Å². The van der Waals surface area contributed by atoms with E-state index in [2.05, 4.69) is 3.63 Å². The molecule has 2 aromatic rings. The molecule has 1 atom stereocenters. The third-order valence-electron chi connectivity index (χ3n) is 3.99. The van der Waals surface area contributed by atoms with Gasteiger partial charge in [0.25, 0.3) is 5.69 Å². The number of non-ortho nitro benzene ring substituents is 1. The van der Waals surface area contributed by atoms with Crippen LogP contribution >= 0.6 is 10.3 Å². The van der Waals surface area contributed by atoms with Crippen molar-refractivity contribution in [3.8, 4) is 0 Å². The Morgan fingerprint density at radius 2 is 1.50 bits per heavy atom. The van der Waals surface area contributed by atoms with Crippen molar-refractivity contribution in [2.24, 2.45) is 0 Å². The van der Waals surface area contributed by atoms with Crippen molar-refractivity contribution in [1.29, 1.82) is 0 Å². The topological polar surface area (TPSA) is 86.5 Å². The van der Waals surface area contributed by atoms with Gasteiger partial charge in [0.15, 0.2) is 0 Å². The summed E-state index contributed by atoms with van der Waals surface area (Å²) in [6.07, 6.45) is 0.866. The minimum absolute atomic E-state index is 0.185. The smallest absolute Gasteiger partial charge is 0.258 e. The number of alkyl halides is 6. The Morgan fingerprint density at radius 1 is 0.933 bits per heavy atom. The second-order valence-electron chi connectivity index (χ2n) is 5.82. The molecule has 14 heteroatoms. The van der Waals surface area contributed by atoms with E-state index in [0.717, 1.165) is 48.5 Å². The van der Waals surface area contributed by atoms with Crippen molar-refractivity contribution < 1.29 is 43.3 Å². The maximum Gasteiger partial charge on any atom is 0.523 e. The van der Waals surface area contributed by atoms with Crippen molar-refractivity contribution in [3.63, 3.8) is 0 Å². The molecular weight excluding hydrogens is 464 g/mol. The third-order valence-corrected chi connectivity index (χ3v) is 8.70. The molecular formula is C16H9F6NO5S2. The van der Waals surface area contributed by atoms with Gasteiger partial charge in [0.2, 0.25) is 0 Å². The molecule has 1 aliphatic rings. The number of fused-ring (bicyclic) bond motifs is 1. The molecule has 30 heavy (non-hydrogen) atoms. The van der Waals surface area contributed by atoms with E-state index in [1.165, 1.54) is 6.07 Å². The van der Waals surface area contributed by atoms with E-state index < -0.39 is 51.9 Å². The van der Waals surface area contributed by atoms with E-state index in [0.29, 0.717) is 0 Å². The van der Waals surface area contributed by atoms with Gasteiger partial charge in [0.05, 0.1) is 4.92 Å². The number of nitrogens with zero attached hydrogens (tertiary/aromatic N) is 1. The fraction of sp³-hybridized carbons (Fsp3) is 0.125. The number of halogens is 6.